The Morgan fingerprint density at radius 1 is 1.11 bits per heavy atom. The van der Waals surface area contributed by atoms with Gasteiger partial charge in [0.1, 0.15) is 17.2 Å². The van der Waals surface area contributed by atoms with Gasteiger partial charge in [-0.3, -0.25) is 0 Å². The molecule has 0 bridgehead atoms. The largest absolute Gasteiger partial charge is 0.494 e. The quantitative estimate of drug-likeness (QED) is 0.770. The lowest BCUT2D eigenvalue weighted by Gasteiger charge is -2.09. The zero-order chi connectivity index (χ0) is 13.7. The van der Waals surface area contributed by atoms with Crippen molar-refractivity contribution in [3.8, 4) is 17.0 Å². The molecule has 0 unspecified atom stereocenters. The third-order valence-electron chi connectivity index (χ3n) is 2.85. The van der Waals surface area contributed by atoms with Gasteiger partial charge in [-0.2, -0.15) is 0 Å². The molecule has 0 radical (unpaired) electrons. The van der Waals surface area contributed by atoms with Crippen LogP contribution in [0.4, 0.5) is 0 Å². The summed E-state index contributed by atoms with van der Waals surface area (Å²) in [7, 11) is 0. The summed E-state index contributed by atoms with van der Waals surface area (Å²) in [4.78, 5) is 8.36. The summed E-state index contributed by atoms with van der Waals surface area (Å²) in [6, 6.07) is 7.92. The Hall–Kier alpha value is -1.61. The van der Waals surface area contributed by atoms with Crippen molar-refractivity contribution < 1.29 is 4.74 Å². The van der Waals surface area contributed by atoms with Gasteiger partial charge in [0.05, 0.1) is 12.3 Å². The maximum atomic E-state index is 6.10. The Kier molecular flexibility index (Phi) is 4.74. The average molecular weight is 277 g/mol. The van der Waals surface area contributed by atoms with Crippen LogP contribution in [0.2, 0.25) is 5.15 Å². The fourth-order valence-corrected chi connectivity index (χ4v) is 2.15. The van der Waals surface area contributed by atoms with Crippen LogP contribution in [0.3, 0.4) is 0 Å². The third kappa shape index (κ3) is 3.24. The van der Waals surface area contributed by atoms with E-state index in [9.17, 15) is 0 Å². The summed E-state index contributed by atoms with van der Waals surface area (Å²) < 4.78 is 5.57. The van der Waals surface area contributed by atoms with Gasteiger partial charge in [-0.15, -0.1) is 0 Å². The van der Waals surface area contributed by atoms with Crippen molar-refractivity contribution in [2.45, 2.75) is 26.7 Å². The van der Waals surface area contributed by atoms with Crippen molar-refractivity contribution in [3.63, 3.8) is 0 Å². The van der Waals surface area contributed by atoms with E-state index >= 15 is 0 Å². The monoisotopic (exact) mass is 276 g/mol. The number of nitrogens with zero attached hydrogens (tertiary/aromatic N) is 2. The van der Waals surface area contributed by atoms with Crippen LogP contribution in [0.25, 0.3) is 11.3 Å². The zero-order valence-corrected chi connectivity index (χ0v) is 11.9. The first kappa shape index (κ1) is 13.8. The Labute approximate surface area is 118 Å². The fraction of sp³-hybridized carbons (Fsp3) is 0.333. The summed E-state index contributed by atoms with van der Waals surface area (Å²) in [5, 5.41) is 0.527. The Balaban J connectivity index is 2.29. The molecule has 0 aliphatic heterocycles. The number of ether oxygens (including phenoxy) is 1. The second kappa shape index (κ2) is 6.53. The molecular weight excluding hydrogens is 260 g/mol. The molecule has 0 fully saturated rings. The van der Waals surface area contributed by atoms with E-state index in [1.807, 2.05) is 31.2 Å². The fourth-order valence-electron chi connectivity index (χ4n) is 1.88. The number of benzene rings is 1. The Morgan fingerprint density at radius 2 is 1.84 bits per heavy atom. The molecule has 100 valence electrons. The topological polar surface area (TPSA) is 35.0 Å². The summed E-state index contributed by atoms with van der Waals surface area (Å²) >= 11 is 6.10. The number of hydrogen-bond acceptors (Lipinski definition) is 3. The molecule has 0 aliphatic carbocycles. The molecule has 2 rings (SSSR count). The summed E-state index contributed by atoms with van der Waals surface area (Å²) in [6.45, 7) is 4.87. The van der Waals surface area contributed by atoms with Crippen molar-refractivity contribution in [2.24, 2.45) is 0 Å². The van der Waals surface area contributed by atoms with E-state index in [2.05, 4.69) is 16.9 Å². The normalized spacial score (nSPS) is 10.5. The van der Waals surface area contributed by atoms with E-state index in [1.165, 1.54) is 6.33 Å². The van der Waals surface area contributed by atoms with Gasteiger partial charge in [-0.25, -0.2) is 9.97 Å². The molecule has 19 heavy (non-hydrogen) atoms. The molecule has 2 aromatic rings. The minimum absolute atomic E-state index is 0.527. The highest BCUT2D eigenvalue weighted by atomic mass is 35.5. The van der Waals surface area contributed by atoms with E-state index in [4.69, 9.17) is 16.3 Å². The highest BCUT2D eigenvalue weighted by molar-refractivity contribution is 6.30. The van der Waals surface area contributed by atoms with Crippen LogP contribution in [-0.2, 0) is 6.42 Å². The second-order valence-corrected chi connectivity index (χ2v) is 4.58. The molecule has 3 nitrogen and oxygen atoms in total. The lowest BCUT2D eigenvalue weighted by Crippen LogP contribution is -1.97. The molecule has 1 aromatic heterocycles. The Bertz CT molecular complexity index is 540. The lowest BCUT2D eigenvalue weighted by molar-refractivity contribution is 0.317. The second-order valence-electron chi connectivity index (χ2n) is 4.22. The molecule has 4 heteroatoms. The molecule has 0 amide bonds. The van der Waals surface area contributed by atoms with Crippen LogP contribution in [0.1, 0.15) is 25.8 Å². The van der Waals surface area contributed by atoms with Gasteiger partial charge in [0.25, 0.3) is 0 Å². The third-order valence-corrected chi connectivity index (χ3v) is 3.17. The Morgan fingerprint density at radius 3 is 2.47 bits per heavy atom. The van der Waals surface area contributed by atoms with Gasteiger partial charge >= 0.3 is 0 Å². The minimum Gasteiger partial charge on any atom is -0.494 e. The van der Waals surface area contributed by atoms with Crippen LogP contribution >= 0.6 is 11.6 Å². The zero-order valence-electron chi connectivity index (χ0n) is 11.2. The molecule has 0 saturated carbocycles. The number of aromatic nitrogens is 2. The lowest BCUT2D eigenvalue weighted by atomic mass is 10.1. The number of rotatable bonds is 5. The van der Waals surface area contributed by atoms with Gasteiger partial charge in [0, 0.05) is 11.1 Å². The van der Waals surface area contributed by atoms with E-state index in [1.54, 1.807) is 0 Å². The number of halogens is 1. The minimum atomic E-state index is 0.527. The van der Waals surface area contributed by atoms with Gasteiger partial charge in [0.2, 0.25) is 0 Å². The first-order chi connectivity index (χ1) is 9.26. The highest BCUT2D eigenvalue weighted by Crippen LogP contribution is 2.27. The summed E-state index contributed by atoms with van der Waals surface area (Å²) in [5.74, 6) is 0.879. The van der Waals surface area contributed by atoms with Gasteiger partial charge < -0.3 is 4.74 Å². The van der Waals surface area contributed by atoms with E-state index in [0.717, 1.165) is 42.0 Å². The van der Waals surface area contributed by atoms with Crippen LogP contribution in [0.5, 0.6) is 5.75 Å². The molecule has 0 aliphatic rings. The molecule has 0 saturated heterocycles. The standard InChI is InChI=1S/C15H17ClN2O/c1-3-9-19-12-7-5-11(6-8-12)14-13(4-2)15(16)18-10-17-14/h5-8,10H,3-4,9H2,1-2H3. The van der Waals surface area contributed by atoms with E-state index in [0.29, 0.717) is 5.15 Å². The van der Waals surface area contributed by atoms with Crippen LogP contribution in [0, 0.1) is 0 Å². The van der Waals surface area contributed by atoms with Crippen LogP contribution in [-0.4, -0.2) is 16.6 Å². The van der Waals surface area contributed by atoms with Crippen molar-refractivity contribution in [2.75, 3.05) is 6.61 Å². The van der Waals surface area contributed by atoms with Gasteiger partial charge in [0.15, 0.2) is 0 Å². The molecule has 0 N–H and O–H groups in total. The first-order valence-corrected chi connectivity index (χ1v) is 6.86. The van der Waals surface area contributed by atoms with Crippen LogP contribution in [0.15, 0.2) is 30.6 Å². The highest BCUT2D eigenvalue weighted by Gasteiger charge is 2.10. The first-order valence-electron chi connectivity index (χ1n) is 6.48. The van der Waals surface area contributed by atoms with Gasteiger partial charge in [-0.05, 0) is 37.1 Å². The number of hydrogen-bond donors (Lipinski definition) is 0. The predicted molar refractivity (Wildman–Crippen MR) is 77.6 cm³/mol. The van der Waals surface area contributed by atoms with E-state index in [-0.39, 0.29) is 0 Å². The van der Waals surface area contributed by atoms with Crippen LogP contribution < -0.4 is 4.74 Å². The van der Waals surface area contributed by atoms with Crippen molar-refractivity contribution in [1.82, 2.24) is 9.97 Å². The smallest absolute Gasteiger partial charge is 0.136 e. The SMILES string of the molecule is CCCOc1ccc(-c2ncnc(Cl)c2CC)cc1. The maximum Gasteiger partial charge on any atom is 0.136 e. The van der Waals surface area contributed by atoms with Gasteiger partial charge in [-0.1, -0.05) is 25.4 Å². The molecule has 1 heterocycles. The maximum absolute atomic E-state index is 6.10. The van der Waals surface area contributed by atoms with Crippen molar-refractivity contribution in [3.05, 3.63) is 41.3 Å². The molecule has 0 spiro atoms. The molecule has 0 atom stereocenters. The van der Waals surface area contributed by atoms with Crippen molar-refractivity contribution in [1.29, 1.82) is 0 Å². The van der Waals surface area contributed by atoms with Crippen molar-refractivity contribution >= 4 is 11.6 Å². The average Bonchev–Trinajstić information content (AvgIpc) is 2.45. The summed E-state index contributed by atoms with van der Waals surface area (Å²) in [6.07, 6.45) is 3.31. The predicted octanol–water partition coefficient (Wildman–Crippen LogP) is 4.15. The van der Waals surface area contributed by atoms with E-state index < -0.39 is 0 Å². The molecular formula is C15H17ClN2O. The molecule has 1 aromatic carbocycles. The summed E-state index contributed by atoms with van der Waals surface area (Å²) in [5.41, 5.74) is 2.90.